The predicted octanol–water partition coefficient (Wildman–Crippen LogP) is 2.90. The third-order valence-corrected chi connectivity index (χ3v) is 6.72. The van der Waals surface area contributed by atoms with Crippen molar-refractivity contribution in [3.05, 3.63) is 54.1 Å². The number of benzene rings is 2. The van der Waals surface area contributed by atoms with E-state index in [0.717, 1.165) is 12.1 Å². The molecule has 7 nitrogen and oxygen atoms in total. The van der Waals surface area contributed by atoms with Gasteiger partial charge in [-0.25, -0.2) is 22.0 Å². The summed E-state index contributed by atoms with van der Waals surface area (Å²) in [6.45, 7) is 2.05. The molecule has 1 atom stereocenters. The van der Waals surface area contributed by atoms with E-state index in [1.165, 1.54) is 28.4 Å². The topological polar surface area (TPSA) is 79.0 Å². The van der Waals surface area contributed by atoms with Crippen LogP contribution in [0.15, 0.2) is 47.4 Å². The van der Waals surface area contributed by atoms with Crippen LogP contribution in [-0.4, -0.2) is 56.4 Å². The Morgan fingerprint density at radius 3 is 2.41 bits per heavy atom. The minimum absolute atomic E-state index is 0.0921. The van der Waals surface area contributed by atoms with Crippen LogP contribution in [0.4, 0.5) is 19.3 Å². The summed E-state index contributed by atoms with van der Waals surface area (Å²) in [5.41, 5.74) is -0.141. The van der Waals surface area contributed by atoms with Crippen LogP contribution < -0.4 is 10.1 Å². The van der Waals surface area contributed by atoms with Gasteiger partial charge in [-0.3, -0.25) is 0 Å². The molecule has 0 saturated carbocycles. The summed E-state index contributed by atoms with van der Waals surface area (Å²) < 4.78 is 59.0. The summed E-state index contributed by atoms with van der Waals surface area (Å²) in [6.07, 6.45) is 0. The molecule has 1 fully saturated rings. The summed E-state index contributed by atoms with van der Waals surface area (Å²) in [4.78, 5) is 14.0. The summed E-state index contributed by atoms with van der Waals surface area (Å²) in [5, 5.41) is 2.39. The van der Waals surface area contributed by atoms with E-state index in [1.807, 2.05) is 0 Å². The van der Waals surface area contributed by atoms with Gasteiger partial charge in [0.05, 0.1) is 17.7 Å². The average molecular weight is 425 g/mol. The third-order valence-electron chi connectivity index (χ3n) is 4.69. The molecule has 3 rings (SSSR count). The molecule has 1 aliphatic rings. The molecule has 1 aliphatic heterocycles. The highest BCUT2D eigenvalue weighted by Crippen LogP contribution is 2.24. The Balaban J connectivity index is 1.68. The minimum Gasteiger partial charge on any atom is -0.497 e. The van der Waals surface area contributed by atoms with Gasteiger partial charge in [-0.2, -0.15) is 4.31 Å². The normalized spacial score (nSPS) is 17.8. The zero-order valence-electron chi connectivity index (χ0n) is 15.9. The number of carbonyl (C=O) groups is 1. The van der Waals surface area contributed by atoms with Gasteiger partial charge in [0, 0.05) is 31.7 Å². The number of ether oxygens (including phenoxy) is 1. The lowest BCUT2D eigenvalue weighted by atomic mass is 10.2. The van der Waals surface area contributed by atoms with Crippen molar-refractivity contribution >= 4 is 21.7 Å². The van der Waals surface area contributed by atoms with E-state index in [4.69, 9.17) is 4.74 Å². The average Bonchev–Trinajstić information content (AvgIpc) is 2.69. The van der Waals surface area contributed by atoms with Gasteiger partial charge in [0.25, 0.3) is 0 Å². The van der Waals surface area contributed by atoms with Gasteiger partial charge in [-0.05, 0) is 43.3 Å². The Hall–Kier alpha value is -2.72. The molecular formula is C19H21F2N3O4S. The lowest BCUT2D eigenvalue weighted by Gasteiger charge is -2.38. The van der Waals surface area contributed by atoms with Gasteiger partial charge in [0.1, 0.15) is 17.4 Å². The van der Waals surface area contributed by atoms with E-state index in [2.05, 4.69) is 5.32 Å². The zero-order valence-corrected chi connectivity index (χ0v) is 16.7. The number of rotatable bonds is 4. The van der Waals surface area contributed by atoms with Crippen LogP contribution >= 0.6 is 0 Å². The third kappa shape index (κ3) is 4.48. The lowest BCUT2D eigenvalue weighted by Crippen LogP contribution is -2.56. The SMILES string of the molecule is COc1ccc(S(=O)(=O)N2CCN(C(=O)Nc3ccc(F)cc3F)CC2C)cc1. The lowest BCUT2D eigenvalue weighted by molar-refractivity contribution is 0.157. The Morgan fingerprint density at radius 1 is 1.14 bits per heavy atom. The number of hydrogen-bond acceptors (Lipinski definition) is 4. The summed E-state index contributed by atoms with van der Waals surface area (Å²) in [5.74, 6) is -1.08. The fraction of sp³-hybridized carbons (Fsp3) is 0.316. The first-order valence-electron chi connectivity index (χ1n) is 8.89. The number of methoxy groups -OCH3 is 1. The highest BCUT2D eigenvalue weighted by atomic mass is 32.2. The van der Waals surface area contributed by atoms with Crippen molar-refractivity contribution in [2.45, 2.75) is 17.9 Å². The largest absolute Gasteiger partial charge is 0.497 e. The van der Waals surface area contributed by atoms with Crippen LogP contribution in [0.3, 0.4) is 0 Å². The Bertz CT molecular complexity index is 999. The molecule has 2 aromatic carbocycles. The van der Waals surface area contributed by atoms with Crippen molar-refractivity contribution < 1.29 is 26.7 Å². The number of sulfonamides is 1. The van der Waals surface area contributed by atoms with E-state index in [9.17, 15) is 22.0 Å². The highest BCUT2D eigenvalue weighted by molar-refractivity contribution is 7.89. The molecule has 1 saturated heterocycles. The maximum absolute atomic E-state index is 13.7. The van der Waals surface area contributed by atoms with Crippen LogP contribution in [0.2, 0.25) is 0 Å². The van der Waals surface area contributed by atoms with Crippen LogP contribution in [0.5, 0.6) is 5.75 Å². The number of piperazine rings is 1. The molecule has 0 aromatic heterocycles. The molecular weight excluding hydrogens is 404 g/mol. The van der Waals surface area contributed by atoms with Crippen LogP contribution in [0.25, 0.3) is 0 Å². The molecule has 10 heteroatoms. The first kappa shape index (κ1) is 21.0. The Labute approximate surface area is 167 Å². The first-order valence-corrected chi connectivity index (χ1v) is 10.3. The maximum atomic E-state index is 13.7. The highest BCUT2D eigenvalue weighted by Gasteiger charge is 2.35. The van der Waals surface area contributed by atoms with E-state index >= 15 is 0 Å². The van der Waals surface area contributed by atoms with Crippen LogP contribution in [0, 0.1) is 11.6 Å². The van der Waals surface area contributed by atoms with E-state index in [-0.39, 0.29) is 30.2 Å². The molecule has 156 valence electrons. The molecule has 0 spiro atoms. The molecule has 0 aliphatic carbocycles. The number of halogens is 2. The second-order valence-electron chi connectivity index (χ2n) is 6.64. The van der Waals surface area contributed by atoms with Gasteiger partial charge in [-0.1, -0.05) is 0 Å². The summed E-state index contributed by atoms with van der Waals surface area (Å²) >= 11 is 0. The summed E-state index contributed by atoms with van der Waals surface area (Å²) in [6, 6.07) is 7.86. The van der Waals surface area contributed by atoms with E-state index < -0.39 is 33.7 Å². The zero-order chi connectivity index (χ0) is 21.2. The van der Waals surface area contributed by atoms with E-state index in [1.54, 1.807) is 19.1 Å². The van der Waals surface area contributed by atoms with Gasteiger partial charge < -0.3 is 15.0 Å². The Kier molecular flexibility index (Phi) is 6.04. The minimum atomic E-state index is -3.74. The van der Waals surface area contributed by atoms with Crippen molar-refractivity contribution in [3.63, 3.8) is 0 Å². The van der Waals surface area contributed by atoms with Gasteiger partial charge in [0.2, 0.25) is 10.0 Å². The molecule has 0 bridgehead atoms. The van der Waals surface area contributed by atoms with Crippen LogP contribution in [-0.2, 0) is 10.0 Å². The standard InChI is InChI=1S/C19H21F2N3O4S/c1-13-12-23(19(25)22-18-8-3-14(20)11-17(18)21)9-10-24(13)29(26,27)16-6-4-15(28-2)5-7-16/h3-8,11,13H,9-10,12H2,1-2H3,(H,22,25). The quantitative estimate of drug-likeness (QED) is 0.817. The van der Waals surface area contributed by atoms with Crippen molar-refractivity contribution in [2.75, 3.05) is 32.1 Å². The molecule has 1 heterocycles. The number of carbonyl (C=O) groups excluding carboxylic acids is 1. The molecule has 2 aromatic rings. The summed E-state index contributed by atoms with van der Waals surface area (Å²) in [7, 11) is -2.24. The number of urea groups is 1. The number of anilines is 1. The number of amides is 2. The maximum Gasteiger partial charge on any atom is 0.322 e. The molecule has 0 radical (unpaired) electrons. The van der Waals surface area contributed by atoms with Crippen molar-refractivity contribution in [1.29, 1.82) is 0 Å². The first-order chi connectivity index (χ1) is 13.7. The molecule has 29 heavy (non-hydrogen) atoms. The second kappa shape index (κ2) is 8.34. The Morgan fingerprint density at radius 2 is 1.83 bits per heavy atom. The van der Waals surface area contributed by atoms with Crippen molar-refractivity contribution in [2.24, 2.45) is 0 Å². The predicted molar refractivity (Wildman–Crippen MR) is 103 cm³/mol. The van der Waals surface area contributed by atoms with Crippen molar-refractivity contribution in [1.82, 2.24) is 9.21 Å². The van der Waals surface area contributed by atoms with Gasteiger partial charge in [-0.15, -0.1) is 0 Å². The van der Waals surface area contributed by atoms with Crippen molar-refractivity contribution in [3.8, 4) is 5.75 Å². The molecule has 1 unspecified atom stereocenters. The fourth-order valence-electron chi connectivity index (χ4n) is 3.15. The molecule has 2 amide bonds. The van der Waals surface area contributed by atoms with Crippen LogP contribution in [0.1, 0.15) is 6.92 Å². The smallest absolute Gasteiger partial charge is 0.322 e. The van der Waals surface area contributed by atoms with Gasteiger partial charge >= 0.3 is 6.03 Å². The molecule has 1 N–H and O–H groups in total. The number of hydrogen-bond donors (Lipinski definition) is 1. The number of nitrogens with one attached hydrogen (secondary N) is 1. The fourth-order valence-corrected chi connectivity index (χ4v) is 4.76. The van der Waals surface area contributed by atoms with E-state index in [0.29, 0.717) is 11.8 Å². The second-order valence-corrected chi connectivity index (χ2v) is 8.53. The van der Waals surface area contributed by atoms with Gasteiger partial charge in [0.15, 0.2) is 0 Å². The number of nitrogens with zero attached hydrogens (tertiary/aromatic N) is 2. The monoisotopic (exact) mass is 425 g/mol.